The quantitative estimate of drug-likeness (QED) is 0.744. The van der Waals surface area contributed by atoms with Crippen molar-refractivity contribution < 1.29 is 24.2 Å². The molecule has 1 heterocycles. The number of aliphatic carboxylic acids is 1. The number of likely N-dealkylation sites (tertiary alicyclic amines) is 1. The minimum Gasteiger partial charge on any atom is -0.490 e. The van der Waals surface area contributed by atoms with E-state index in [1.807, 2.05) is 36.4 Å². The van der Waals surface area contributed by atoms with Gasteiger partial charge in [0.25, 0.3) is 5.91 Å². The van der Waals surface area contributed by atoms with Gasteiger partial charge in [0.1, 0.15) is 12.4 Å². The third-order valence-electron chi connectivity index (χ3n) is 5.30. The Morgan fingerprint density at radius 2 is 1.64 bits per heavy atom. The Morgan fingerprint density at radius 1 is 1.00 bits per heavy atom. The van der Waals surface area contributed by atoms with E-state index in [2.05, 4.69) is 0 Å². The summed E-state index contributed by atoms with van der Waals surface area (Å²) in [6, 6.07) is 16.4. The maximum atomic E-state index is 13.0. The number of methoxy groups -OCH3 is 1. The number of carbonyl (C=O) groups is 2. The molecule has 0 spiro atoms. The standard InChI is InChI=1S/C22H25NO5/c1-27-15-16-28-19-10-6-5-9-18(19)20(24)23-13-11-22(12-14-23,21(25)26)17-7-3-2-4-8-17/h2-10H,11-16H2,1H3,(H,25,26). The van der Waals surface area contributed by atoms with E-state index in [-0.39, 0.29) is 5.91 Å². The molecular formula is C22H25NO5. The summed E-state index contributed by atoms with van der Waals surface area (Å²) in [5.41, 5.74) is 0.325. The lowest BCUT2D eigenvalue weighted by Crippen LogP contribution is -2.49. The van der Waals surface area contributed by atoms with Crippen molar-refractivity contribution in [1.29, 1.82) is 0 Å². The van der Waals surface area contributed by atoms with Crippen LogP contribution in [0.3, 0.4) is 0 Å². The van der Waals surface area contributed by atoms with Gasteiger partial charge in [0.2, 0.25) is 0 Å². The predicted molar refractivity (Wildman–Crippen MR) is 105 cm³/mol. The van der Waals surface area contributed by atoms with Crippen LogP contribution in [0.5, 0.6) is 5.75 Å². The number of amides is 1. The first-order chi connectivity index (χ1) is 13.6. The van der Waals surface area contributed by atoms with Gasteiger partial charge in [0.05, 0.1) is 17.6 Å². The Hall–Kier alpha value is -2.86. The van der Waals surface area contributed by atoms with E-state index in [0.29, 0.717) is 50.5 Å². The normalized spacial score (nSPS) is 15.8. The molecule has 1 amide bonds. The summed E-state index contributed by atoms with van der Waals surface area (Å²) >= 11 is 0. The summed E-state index contributed by atoms with van der Waals surface area (Å²) in [5, 5.41) is 9.91. The number of carboxylic acids is 1. The topological polar surface area (TPSA) is 76.1 Å². The Kier molecular flexibility index (Phi) is 6.31. The van der Waals surface area contributed by atoms with E-state index in [1.165, 1.54) is 0 Å². The summed E-state index contributed by atoms with van der Waals surface area (Å²) in [5.74, 6) is -0.461. The average Bonchev–Trinajstić information content (AvgIpc) is 2.74. The highest BCUT2D eigenvalue weighted by atomic mass is 16.5. The van der Waals surface area contributed by atoms with E-state index < -0.39 is 11.4 Å². The zero-order chi connectivity index (χ0) is 20.0. The fourth-order valence-electron chi connectivity index (χ4n) is 3.65. The summed E-state index contributed by atoms with van der Waals surface area (Å²) < 4.78 is 10.7. The number of para-hydroxylation sites is 1. The molecule has 0 atom stereocenters. The number of carboxylic acid groups (broad SMARTS) is 1. The van der Waals surface area contributed by atoms with E-state index in [9.17, 15) is 14.7 Å². The first-order valence-electron chi connectivity index (χ1n) is 9.37. The first-order valence-corrected chi connectivity index (χ1v) is 9.37. The molecule has 0 unspecified atom stereocenters. The van der Waals surface area contributed by atoms with Gasteiger partial charge in [-0.05, 0) is 30.5 Å². The maximum absolute atomic E-state index is 13.0. The van der Waals surface area contributed by atoms with Crippen LogP contribution in [0, 0.1) is 0 Å². The fourth-order valence-corrected chi connectivity index (χ4v) is 3.65. The van der Waals surface area contributed by atoms with E-state index in [4.69, 9.17) is 9.47 Å². The molecule has 6 heteroatoms. The highest BCUT2D eigenvalue weighted by molar-refractivity contribution is 5.97. The van der Waals surface area contributed by atoms with Crippen LogP contribution < -0.4 is 4.74 Å². The molecule has 0 radical (unpaired) electrons. The molecule has 0 aliphatic carbocycles. The van der Waals surface area contributed by atoms with E-state index >= 15 is 0 Å². The lowest BCUT2D eigenvalue weighted by Gasteiger charge is -2.39. The molecule has 6 nitrogen and oxygen atoms in total. The molecule has 1 N–H and O–H groups in total. The van der Waals surface area contributed by atoms with Gasteiger partial charge in [0.15, 0.2) is 0 Å². The van der Waals surface area contributed by atoms with Crippen molar-refractivity contribution in [2.75, 3.05) is 33.4 Å². The number of ether oxygens (including phenoxy) is 2. The van der Waals surface area contributed by atoms with Crippen molar-refractivity contribution >= 4 is 11.9 Å². The molecule has 148 valence electrons. The molecule has 1 aliphatic rings. The van der Waals surface area contributed by atoms with Crippen LogP contribution in [0.4, 0.5) is 0 Å². The second-order valence-corrected chi connectivity index (χ2v) is 6.88. The first kappa shape index (κ1) is 19.9. The van der Waals surface area contributed by atoms with Gasteiger partial charge in [-0.25, -0.2) is 0 Å². The maximum Gasteiger partial charge on any atom is 0.314 e. The highest BCUT2D eigenvalue weighted by Crippen LogP contribution is 2.36. The third-order valence-corrected chi connectivity index (χ3v) is 5.30. The minimum absolute atomic E-state index is 0.139. The molecule has 1 aliphatic heterocycles. The number of carbonyl (C=O) groups excluding carboxylic acids is 1. The zero-order valence-electron chi connectivity index (χ0n) is 16.0. The molecule has 0 bridgehead atoms. The minimum atomic E-state index is -0.952. The second kappa shape index (κ2) is 8.89. The molecule has 0 aromatic heterocycles. The summed E-state index contributed by atoms with van der Waals surface area (Å²) in [6.45, 7) is 1.56. The Morgan fingerprint density at radius 3 is 2.29 bits per heavy atom. The molecule has 0 saturated carbocycles. The predicted octanol–water partition coefficient (Wildman–Crippen LogP) is 2.97. The van der Waals surface area contributed by atoms with Crippen LogP contribution >= 0.6 is 0 Å². The van der Waals surface area contributed by atoms with E-state index in [0.717, 1.165) is 5.56 Å². The lowest BCUT2D eigenvalue weighted by atomic mass is 9.72. The number of nitrogens with zero attached hydrogens (tertiary/aromatic N) is 1. The molecule has 1 fully saturated rings. The molecule has 28 heavy (non-hydrogen) atoms. The lowest BCUT2D eigenvalue weighted by molar-refractivity contribution is -0.145. The second-order valence-electron chi connectivity index (χ2n) is 6.88. The SMILES string of the molecule is COCCOc1ccccc1C(=O)N1CCC(C(=O)O)(c2ccccc2)CC1. The van der Waals surface area contributed by atoms with Gasteiger partial charge in [0, 0.05) is 20.2 Å². The zero-order valence-corrected chi connectivity index (χ0v) is 16.0. The van der Waals surface area contributed by atoms with Crippen molar-refractivity contribution in [3.05, 3.63) is 65.7 Å². The van der Waals surface area contributed by atoms with Crippen LogP contribution in [0.2, 0.25) is 0 Å². The summed E-state index contributed by atoms with van der Waals surface area (Å²) in [7, 11) is 1.59. The Labute approximate surface area is 164 Å². The highest BCUT2D eigenvalue weighted by Gasteiger charge is 2.44. The monoisotopic (exact) mass is 383 g/mol. The van der Waals surface area contributed by atoms with Crippen LogP contribution in [0.15, 0.2) is 54.6 Å². The van der Waals surface area contributed by atoms with Crippen LogP contribution in [-0.4, -0.2) is 55.3 Å². The number of hydrogen-bond acceptors (Lipinski definition) is 4. The number of piperidine rings is 1. The van der Waals surface area contributed by atoms with Crippen molar-refractivity contribution in [1.82, 2.24) is 4.90 Å². The molecule has 2 aromatic rings. The van der Waals surface area contributed by atoms with Gasteiger partial charge in [-0.1, -0.05) is 42.5 Å². The van der Waals surface area contributed by atoms with Gasteiger partial charge >= 0.3 is 5.97 Å². The van der Waals surface area contributed by atoms with E-state index in [1.54, 1.807) is 30.2 Å². The Balaban J connectivity index is 1.74. The van der Waals surface area contributed by atoms with Crippen LogP contribution in [-0.2, 0) is 14.9 Å². The van der Waals surface area contributed by atoms with Gasteiger partial charge in [-0.15, -0.1) is 0 Å². The third kappa shape index (κ3) is 4.02. The van der Waals surface area contributed by atoms with Crippen molar-refractivity contribution in [2.24, 2.45) is 0 Å². The van der Waals surface area contributed by atoms with Crippen LogP contribution in [0.1, 0.15) is 28.8 Å². The molecule has 1 saturated heterocycles. The largest absolute Gasteiger partial charge is 0.490 e. The van der Waals surface area contributed by atoms with Crippen molar-refractivity contribution in [3.8, 4) is 5.75 Å². The summed E-state index contributed by atoms with van der Waals surface area (Å²) in [6.07, 6.45) is 0.759. The van der Waals surface area contributed by atoms with Gasteiger partial charge < -0.3 is 19.5 Å². The molecule has 3 rings (SSSR count). The van der Waals surface area contributed by atoms with Crippen molar-refractivity contribution in [3.63, 3.8) is 0 Å². The van der Waals surface area contributed by atoms with Crippen molar-refractivity contribution in [2.45, 2.75) is 18.3 Å². The fraction of sp³-hybridized carbons (Fsp3) is 0.364. The van der Waals surface area contributed by atoms with Crippen LogP contribution in [0.25, 0.3) is 0 Å². The average molecular weight is 383 g/mol. The molecular weight excluding hydrogens is 358 g/mol. The molecule has 2 aromatic carbocycles. The number of rotatable bonds is 7. The Bertz CT molecular complexity index is 813. The number of benzene rings is 2. The van der Waals surface area contributed by atoms with Gasteiger partial charge in [-0.2, -0.15) is 0 Å². The summed E-state index contributed by atoms with van der Waals surface area (Å²) in [4.78, 5) is 26.8. The number of hydrogen-bond donors (Lipinski definition) is 1. The smallest absolute Gasteiger partial charge is 0.314 e. The van der Waals surface area contributed by atoms with Gasteiger partial charge in [-0.3, -0.25) is 9.59 Å².